The van der Waals surface area contributed by atoms with Crippen LogP contribution in [0.3, 0.4) is 0 Å². The average molecular weight is 1050 g/mol. The molecule has 2 N–H and O–H groups in total. The van der Waals surface area contributed by atoms with Gasteiger partial charge in [-0.2, -0.15) is 0 Å². The molecule has 0 fully saturated rings. The zero-order chi connectivity index (χ0) is 44.3. The van der Waals surface area contributed by atoms with Crippen LogP contribution in [0.4, 0.5) is 11.4 Å². The van der Waals surface area contributed by atoms with E-state index in [1.165, 1.54) is 22.3 Å². The summed E-state index contributed by atoms with van der Waals surface area (Å²) in [5.74, 6) is 0. The predicted molar refractivity (Wildman–Crippen MR) is 277 cm³/mol. The van der Waals surface area contributed by atoms with Crippen LogP contribution in [0.5, 0.6) is 0 Å². The zero-order valence-electron chi connectivity index (χ0n) is 37.7. The molecule has 330 valence electrons. The normalized spacial score (nSPS) is 11.2. The van der Waals surface area contributed by atoms with E-state index in [4.69, 9.17) is 19.9 Å². The van der Waals surface area contributed by atoms with Gasteiger partial charge in [-0.15, -0.1) is 33.4 Å². The fourth-order valence-corrected chi connectivity index (χ4v) is 8.31. The van der Waals surface area contributed by atoms with Crippen molar-refractivity contribution in [1.82, 2.24) is 19.9 Å². The molecule has 9 aromatic rings. The van der Waals surface area contributed by atoms with Crippen molar-refractivity contribution in [2.24, 2.45) is 0 Å². The number of hydrogen-bond acceptors (Lipinski definition) is 2. The van der Waals surface area contributed by atoms with Crippen molar-refractivity contribution < 1.29 is 25.3 Å². The van der Waals surface area contributed by atoms with Gasteiger partial charge in [0.25, 0.3) is 0 Å². The Morgan fingerprint density at radius 1 is 0.313 bits per heavy atom. The average Bonchev–Trinajstić information content (AvgIpc) is 4.18. The van der Waals surface area contributed by atoms with Gasteiger partial charge in [-0.1, -0.05) is 204 Å². The molecule has 6 aromatic carbocycles. The number of hydrogen-bond donors (Lipinski definition) is 0. The van der Waals surface area contributed by atoms with E-state index in [-0.39, 0.29) is 25.3 Å². The van der Waals surface area contributed by atoms with Crippen LogP contribution >= 0.6 is 0 Å². The Morgan fingerprint density at radius 3 is 0.791 bits per heavy atom. The molecule has 0 saturated heterocycles. The van der Waals surface area contributed by atoms with Crippen molar-refractivity contribution >= 4 is 57.7 Å². The van der Waals surface area contributed by atoms with Gasteiger partial charge in [0.05, 0.1) is 22.8 Å². The van der Waals surface area contributed by atoms with Gasteiger partial charge in [-0.25, -0.2) is 9.97 Å². The van der Waals surface area contributed by atoms with Crippen LogP contribution in [-0.4, -0.2) is 15.4 Å². The van der Waals surface area contributed by atoms with Gasteiger partial charge >= 0.3 is 0 Å². The van der Waals surface area contributed by atoms with Crippen molar-refractivity contribution in [2.75, 3.05) is 0 Å². The third-order valence-electron chi connectivity index (χ3n) is 11.7. The fraction of sp³-hybridized carbons (Fsp3) is 0.0667. The number of para-hydroxylation sites is 2. The van der Waals surface area contributed by atoms with E-state index in [0.29, 0.717) is 0 Å². The first kappa shape index (κ1) is 45.9. The summed E-state index contributed by atoms with van der Waals surface area (Å²) in [6.07, 6.45) is 8.48. The summed E-state index contributed by atoms with van der Waals surface area (Å²) in [7, 11) is 0. The van der Waals surface area contributed by atoms with Gasteiger partial charge in [-0.05, 0) is 96.5 Å². The molecule has 7 heteroatoms. The number of nitrogens with zero attached hydrogens (tertiary/aromatic N) is 5. The van der Waals surface area contributed by atoms with Gasteiger partial charge in [-0.3, -0.25) is 0 Å². The Hall–Kier alpha value is -7.68. The number of aromatic nitrogens is 4. The second-order valence-electron chi connectivity index (χ2n) is 16.6. The third-order valence-corrected chi connectivity index (χ3v) is 11.7. The van der Waals surface area contributed by atoms with Crippen molar-refractivity contribution in [3.8, 4) is 44.5 Å². The molecular formula is C60H48N5OOs-3. The van der Waals surface area contributed by atoms with Crippen LogP contribution in [0.1, 0.15) is 45.0 Å². The second kappa shape index (κ2) is 20.2. The van der Waals surface area contributed by atoms with Crippen molar-refractivity contribution in [3.05, 3.63) is 232 Å². The number of fused-ring (bicyclic) bond motifs is 8. The van der Waals surface area contributed by atoms with Crippen molar-refractivity contribution in [1.29, 1.82) is 0 Å². The van der Waals surface area contributed by atoms with Gasteiger partial charge < -0.3 is 20.8 Å². The number of benzene rings is 6. The quantitative estimate of drug-likeness (QED) is 0.166. The molecule has 0 spiro atoms. The largest absolute Gasteiger partial charge is 0.658 e. The Bertz CT molecular complexity index is 2980. The van der Waals surface area contributed by atoms with Crippen LogP contribution in [0.2, 0.25) is 0 Å². The molecule has 2 aliphatic rings. The molecule has 5 heterocycles. The molecule has 67 heavy (non-hydrogen) atoms. The Labute approximate surface area is 405 Å². The summed E-state index contributed by atoms with van der Waals surface area (Å²) >= 11 is 0. The molecule has 8 bridgehead atoms. The SMILES string of the molecule is Cc1ccc(-c2c3nc(c(-c4ccc(C)cc4)c4ccc([n-]4)c(-c4ccc(C)cc4)c4nc(c(-c5ccc(C)cc5)c5ccc2[n-]5)C=C4)C=C3)cc1.O.[Os].c1ccc([N-]c2ccccc2)cc1. The molecule has 0 unspecified atom stereocenters. The molecule has 0 saturated carbocycles. The maximum Gasteiger partial charge on any atom is 0.0704 e. The first-order valence-corrected chi connectivity index (χ1v) is 22.0. The van der Waals surface area contributed by atoms with Crippen LogP contribution in [-0.2, 0) is 19.8 Å². The third kappa shape index (κ3) is 9.95. The van der Waals surface area contributed by atoms with Gasteiger partial charge in [0, 0.05) is 19.8 Å². The zero-order valence-corrected chi connectivity index (χ0v) is 40.3. The molecule has 6 nitrogen and oxygen atoms in total. The van der Waals surface area contributed by atoms with E-state index in [9.17, 15) is 0 Å². The maximum atomic E-state index is 5.37. The molecule has 0 amide bonds. The Morgan fingerprint density at radius 2 is 0.552 bits per heavy atom. The van der Waals surface area contributed by atoms with E-state index in [1.807, 2.05) is 60.7 Å². The van der Waals surface area contributed by atoms with Crippen LogP contribution < -0.4 is 9.97 Å². The predicted octanol–water partition coefficient (Wildman–Crippen LogP) is 15.0. The first-order chi connectivity index (χ1) is 31.8. The molecular weight excluding hydrogens is 997 g/mol. The summed E-state index contributed by atoms with van der Waals surface area (Å²) in [6.45, 7) is 8.45. The van der Waals surface area contributed by atoms with Gasteiger partial charge in [0.15, 0.2) is 0 Å². The van der Waals surface area contributed by atoms with Crippen LogP contribution in [0.15, 0.2) is 182 Å². The van der Waals surface area contributed by atoms with Crippen LogP contribution in [0.25, 0.3) is 96.2 Å². The molecule has 2 aliphatic heterocycles. The minimum absolute atomic E-state index is 0. The van der Waals surface area contributed by atoms with Gasteiger partial charge in [0.1, 0.15) is 0 Å². The summed E-state index contributed by atoms with van der Waals surface area (Å²) in [4.78, 5) is 21.5. The Balaban J connectivity index is 0.000000350. The topological polar surface area (TPSA) is 99.6 Å². The second-order valence-corrected chi connectivity index (χ2v) is 16.6. The summed E-state index contributed by atoms with van der Waals surface area (Å²) < 4.78 is 0. The fourth-order valence-electron chi connectivity index (χ4n) is 8.31. The van der Waals surface area contributed by atoms with E-state index >= 15 is 0 Å². The van der Waals surface area contributed by atoms with E-state index in [0.717, 1.165) is 101 Å². The Kier molecular flexibility index (Phi) is 13.8. The van der Waals surface area contributed by atoms with E-state index in [1.54, 1.807) is 0 Å². The van der Waals surface area contributed by atoms with Crippen molar-refractivity contribution in [2.45, 2.75) is 27.7 Å². The van der Waals surface area contributed by atoms with E-state index < -0.39 is 0 Å². The molecule has 3 aromatic heterocycles. The molecule has 11 rings (SSSR count). The number of aryl methyl sites for hydroxylation is 4. The summed E-state index contributed by atoms with van der Waals surface area (Å²) in [6, 6.07) is 62.9. The standard InChI is InChI=1S/C48H36N4.C12H10N.H2O.Os/c1-29-5-13-33(14-6-29)45-37-21-23-39(49-37)46(34-15-7-30(2)8-16-34)41-25-27-43(51-41)48(36-19-11-32(4)12-20-36)44-28-26-42(52-44)47(40-24-22-38(45)50-40)35-17-9-31(3)10-18-35;1-3-7-11(8-4-1)13-12-9-5-2-6-10-12;;/h5-28H,1-4H3;1-10H;1H2;/q-2;-1;;. The first-order valence-electron chi connectivity index (χ1n) is 22.0. The van der Waals surface area contributed by atoms with E-state index in [2.05, 4.69) is 179 Å². The monoisotopic (exact) mass is 1050 g/mol. The smallest absolute Gasteiger partial charge is 0.0704 e. The van der Waals surface area contributed by atoms with Crippen LogP contribution in [0, 0.1) is 27.7 Å². The molecule has 0 atom stereocenters. The molecule has 0 radical (unpaired) electrons. The maximum absolute atomic E-state index is 5.37. The van der Waals surface area contributed by atoms with Gasteiger partial charge in [0.2, 0.25) is 0 Å². The minimum Gasteiger partial charge on any atom is -0.658 e. The van der Waals surface area contributed by atoms with Crippen molar-refractivity contribution in [3.63, 3.8) is 0 Å². The summed E-state index contributed by atoms with van der Waals surface area (Å²) in [5, 5.41) is 4.44. The minimum atomic E-state index is 0. The summed E-state index contributed by atoms with van der Waals surface area (Å²) in [5.41, 5.74) is 21.9. The number of rotatable bonds is 6. The molecule has 0 aliphatic carbocycles.